The summed E-state index contributed by atoms with van der Waals surface area (Å²) in [6.45, 7) is 8.24. The summed E-state index contributed by atoms with van der Waals surface area (Å²) in [7, 11) is 0. The summed E-state index contributed by atoms with van der Waals surface area (Å²) in [4.78, 5) is 52.3. The van der Waals surface area contributed by atoms with Gasteiger partial charge in [0.25, 0.3) is 0 Å². The number of ether oxygens (including phenoxy) is 4. The number of aliphatic hydroxyl groups excluding tert-OH is 4. The van der Waals surface area contributed by atoms with E-state index in [1.54, 1.807) is 20.8 Å². The van der Waals surface area contributed by atoms with Crippen LogP contribution >= 0.6 is 0 Å². The van der Waals surface area contributed by atoms with Crippen LogP contribution in [0.3, 0.4) is 0 Å². The molecule has 0 amide bonds. The summed E-state index contributed by atoms with van der Waals surface area (Å²) in [5.74, 6) is -5.77. The Morgan fingerprint density at radius 1 is 1.08 bits per heavy atom. The molecule has 4 fully saturated rings. The van der Waals surface area contributed by atoms with Crippen LogP contribution in [0.5, 0.6) is 0 Å². The predicted octanol–water partition coefficient (Wildman–Crippen LogP) is 0.555. The minimum atomic E-state index is -1.88. The summed E-state index contributed by atoms with van der Waals surface area (Å²) >= 11 is 0. The molecule has 1 spiro atoms. The van der Waals surface area contributed by atoms with E-state index in [1.807, 2.05) is 0 Å². The van der Waals surface area contributed by atoms with Gasteiger partial charge in [-0.15, -0.1) is 0 Å². The maximum Gasteiger partial charge on any atom is 0.335 e. The lowest BCUT2D eigenvalue weighted by molar-refractivity contribution is -0.329. The second kappa shape index (κ2) is 12.9. The maximum absolute atomic E-state index is 14.8. The molecule has 2 aliphatic heterocycles. The van der Waals surface area contributed by atoms with Gasteiger partial charge in [0.05, 0.1) is 42.7 Å². The van der Waals surface area contributed by atoms with E-state index in [4.69, 9.17) is 23.4 Å². The van der Waals surface area contributed by atoms with Gasteiger partial charge in [0.2, 0.25) is 0 Å². The largest absolute Gasteiger partial charge is 0.481 e. The molecule has 0 unspecified atom stereocenters. The monoisotopic (exact) mass is 712 g/mol. The third-order valence-electron chi connectivity index (χ3n) is 12.3. The van der Waals surface area contributed by atoms with Crippen molar-refractivity contribution in [2.45, 2.75) is 127 Å². The molecule has 0 bridgehead atoms. The lowest BCUT2D eigenvalue weighted by Crippen LogP contribution is -2.72. The molecular weight excluding hydrogens is 664 g/mol. The van der Waals surface area contributed by atoms with Crippen LogP contribution in [0.25, 0.3) is 0 Å². The summed E-state index contributed by atoms with van der Waals surface area (Å²) in [6.07, 6.45) is -10.7. The van der Waals surface area contributed by atoms with Crippen LogP contribution in [0.1, 0.15) is 78.9 Å². The van der Waals surface area contributed by atoms with Crippen molar-refractivity contribution in [1.82, 2.24) is 0 Å². The third kappa shape index (κ3) is 5.59. The van der Waals surface area contributed by atoms with Gasteiger partial charge in [-0.05, 0) is 45.6 Å². The number of carboxylic acids is 2. The van der Waals surface area contributed by atoms with Crippen LogP contribution in [0.15, 0.2) is 23.0 Å². The quantitative estimate of drug-likeness (QED) is 0.122. The van der Waals surface area contributed by atoms with Gasteiger partial charge in [0.1, 0.15) is 41.9 Å². The molecule has 1 aromatic rings. The molecule has 4 aliphatic rings. The Morgan fingerprint density at radius 3 is 2.24 bits per heavy atom. The van der Waals surface area contributed by atoms with Gasteiger partial charge in [-0.2, -0.15) is 0 Å². The maximum atomic E-state index is 14.8. The van der Waals surface area contributed by atoms with Crippen molar-refractivity contribution in [3.63, 3.8) is 0 Å². The minimum absolute atomic E-state index is 0.0472. The second-order valence-corrected chi connectivity index (χ2v) is 15.4. The number of carboxylic acid groups (broad SMARTS) is 2. The molecule has 7 N–H and O–H groups in total. The molecule has 1 aromatic heterocycles. The summed E-state index contributed by atoms with van der Waals surface area (Å²) < 4.78 is 29.4. The number of epoxide rings is 1. The highest BCUT2D eigenvalue weighted by atomic mass is 16.7. The molecule has 2 saturated carbocycles. The number of esters is 1. The molecule has 0 radical (unpaired) electrons. The third-order valence-corrected chi connectivity index (χ3v) is 12.3. The number of ketones is 1. The first-order chi connectivity index (χ1) is 23.1. The van der Waals surface area contributed by atoms with Crippen molar-refractivity contribution < 1.29 is 78.3 Å². The first-order valence-corrected chi connectivity index (χ1v) is 16.7. The fraction of sp³-hybridized carbons (Fsp3) is 0.765. The van der Waals surface area contributed by atoms with E-state index < -0.39 is 125 Å². The van der Waals surface area contributed by atoms with E-state index >= 15 is 0 Å². The molecule has 5 rings (SSSR count). The fourth-order valence-corrected chi connectivity index (χ4v) is 10.0. The lowest BCUT2D eigenvalue weighted by Gasteiger charge is -2.66. The number of carbonyl (C=O) groups is 4. The van der Waals surface area contributed by atoms with E-state index in [-0.39, 0.29) is 19.3 Å². The standard InChI is InChI=1S/C34H48O16/c1-15(36)47-21(12-22(38)39)32(5)18-7-9-31(4,34(27(50-34)28(43)44)33(18,6)20(37)11-19(32)30(2,3)45)26(16-8-10-46-14-16)49-29-25(42)24(41)23(40)17(13-35)48-29/h8,10,14,17-19,21,23-27,29,35,40-42,45H,7,9,11-13H2,1-6H3,(H,38,39)(H,43,44)/t17-,18+,19+,21+,23-,24+,25-,26+,27+,29+,31+,32-,33+,34-/m1/s1. The van der Waals surface area contributed by atoms with Gasteiger partial charge in [0, 0.05) is 35.7 Å². The lowest BCUT2D eigenvalue weighted by atomic mass is 9.37. The Hall–Kier alpha value is -2.96. The highest BCUT2D eigenvalue weighted by Crippen LogP contribution is 2.77. The summed E-state index contributed by atoms with van der Waals surface area (Å²) in [5, 5.41) is 73.6. The first kappa shape index (κ1) is 38.3. The van der Waals surface area contributed by atoms with E-state index in [9.17, 15) is 54.9 Å². The van der Waals surface area contributed by atoms with Crippen molar-refractivity contribution in [3.8, 4) is 0 Å². The molecule has 3 heterocycles. The number of hydrogen-bond acceptors (Lipinski definition) is 14. The van der Waals surface area contributed by atoms with Gasteiger partial charge < -0.3 is 59.1 Å². The van der Waals surface area contributed by atoms with Crippen molar-refractivity contribution in [3.05, 3.63) is 24.2 Å². The van der Waals surface area contributed by atoms with Crippen LogP contribution in [-0.4, -0.2) is 120 Å². The zero-order valence-corrected chi connectivity index (χ0v) is 28.8. The first-order valence-electron chi connectivity index (χ1n) is 16.7. The highest BCUT2D eigenvalue weighted by Gasteiger charge is 2.86. The fourth-order valence-electron chi connectivity index (χ4n) is 10.0. The van der Waals surface area contributed by atoms with Gasteiger partial charge in [-0.25, -0.2) is 4.79 Å². The molecule has 2 saturated heterocycles. The Labute approximate surface area is 288 Å². The molecule has 0 aromatic carbocycles. The number of hydrogen-bond donors (Lipinski definition) is 7. The highest BCUT2D eigenvalue weighted by molar-refractivity contribution is 5.92. The zero-order valence-electron chi connectivity index (χ0n) is 28.8. The number of aliphatic hydroxyl groups is 5. The number of carbonyl (C=O) groups excluding carboxylic acids is 2. The van der Waals surface area contributed by atoms with Crippen LogP contribution in [-0.2, 0) is 38.1 Å². The van der Waals surface area contributed by atoms with Crippen molar-refractivity contribution in [2.75, 3.05) is 6.61 Å². The second-order valence-electron chi connectivity index (χ2n) is 15.4. The Morgan fingerprint density at radius 2 is 1.74 bits per heavy atom. The van der Waals surface area contributed by atoms with E-state index in [0.29, 0.717) is 5.56 Å². The molecule has 16 heteroatoms. The Kier molecular flexibility index (Phi) is 9.89. The van der Waals surface area contributed by atoms with Gasteiger partial charge >= 0.3 is 17.9 Å². The topological polar surface area (TPSA) is 263 Å². The predicted molar refractivity (Wildman–Crippen MR) is 166 cm³/mol. The molecule has 14 atom stereocenters. The Balaban J connectivity index is 1.70. The number of Topliss-reactive ketones (excluding diaryl/α,β-unsaturated/α-hetero) is 1. The molecule has 16 nitrogen and oxygen atoms in total. The normalized spacial score (nSPS) is 42.7. The zero-order chi connectivity index (χ0) is 37.4. The van der Waals surface area contributed by atoms with Crippen molar-refractivity contribution in [2.24, 2.45) is 28.1 Å². The molecular formula is C34H48O16. The van der Waals surface area contributed by atoms with Crippen LogP contribution < -0.4 is 0 Å². The SMILES string of the molecule is CC(=O)O[C@@H](CC(=O)O)[C@@]1(C)[C@H](C(C)(C)O)CC(=O)[C@]2(C)[C@H]1CC[C@@](C)([C@@H](O[C@@H]1O[C@H](CO)[C@@H](O)[C@H](O)[C@H]1O)c1ccoc1)[C@@]21O[C@H]1C(=O)O. The molecule has 50 heavy (non-hydrogen) atoms. The average Bonchev–Trinajstić information content (AvgIpc) is 3.58. The van der Waals surface area contributed by atoms with Gasteiger partial charge in [-0.1, -0.05) is 13.8 Å². The summed E-state index contributed by atoms with van der Waals surface area (Å²) in [5.41, 5.74) is -7.74. The van der Waals surface area contributed by atoms with Crippen molar-refractivity contribution in [1.29, 1.82) is 0 Å². The molecule has 2 aliphatic carbocycles. The minimum Gasteiger partial charge on any atom is -0.481 e. The van der Waals surface area contributed by atoms with Crippen molar-refractivity contribution >= 4 is 23.7 Å². The van der Waals surface area contributed by atoms with Gasteiger partial charge in [-0.3, -0.25) is 14.4 Å². The van der Waals surface area contributed by atoms with Crippen LogP contribution in [0.4, 0.5) is 0 Å². The van der Waals surface area contributed by atoms with E-state index in [0.717, 1.165) is 6.92 Å². The molecule has 280 valence electrons. The van der Waals surface area contributed by atoms with E-state index in [1.165, 1.54) is 32.4 Å². The summed E-state index contributed by atoms with van der Waals surface area (Å²) in [6, 6.07) is 1.53. The van der Waals surface area contributed by atoms with Crippen LogP contribution in [0.2, 0.25) is 0 Å². The van der Waals surface area contributed by atoms with E-state index in [2.05, 4.69) is 0 Å². The number of fused-ring (bicyclic) bond motifs is 2. The smallest absolute Gasteiger partial charge is 0.335 e. The number of furan rings is 1. The average molecular weight is 713 g/mol. The Bertz CT molecular complexity index is 1450. The number of rotatable bonds is 11. The van der Waals surface area contributed by atoms with Crippen LogP contribution in [0, 0.1) is 28.1 Å². The van der Waals surface area contributed by atoms with Gasteiger partial charge in [0.15, 0.2) is 12.4 Å². The number of aliphatic carboxylic acids is 2.